The SMILES string of the molecule is O=C(c1ccc(NCc2ccc(-n3cccn3)cc2)nn1)N1CCCNCC1. The highest BCUT2D eigenvalue weighted by Crippen LogP contribution is 2.11. The standard InChI is InChI=1S/C20H23N7O/c28-20(26-12-1-9-21-11-14-26)18-7-8-19(25-24-18)22-15-16-3-5-17(6-4-16)27-13-2-10-23-27/h2-8,10,13,21H,1,9,11-12,14-15H2,(H,22,25). The van der Waals surface area contributed by atoms with Crippen LogP contribution in [0.1, 0.15) is 22.5 Å². The second-order valence-electron chi connectivity index (χ2n) is 6.67. The Balaban J connectivity index is 1.33. The molecule has 0 bridgehead atoms. The molecule has 0 atom stereocenters. The van der Waals surface area contributed by atoms with Crippen molar-refractivity contribution in [2.24, 2.45) is 0 Å². The molecule has 1 aliphatic heterocycles. The number of hydrogen-bond donors (Lipinski definition) is 2. The zero-order valence-electron chi connectivity index (χ0n) is 15.6. The average molecular weight is 377 g/mol. The van der Waals surface area contributed by atoms with Crippen molar-refractivity contribution in [1.82, 2.24) is 30.2 Å². The van der Waals surface area contributed by atoms with Gasteiger partial charge >= 0.3 is 0 Å². The number of anilines is 1. The summed E-state index contributed by atoms with van der Waals surface area (Å²) in [6.07, 6.45) is 4.62. The number of carbonyl (C=O) groups is 1. The fourth-order valence-electron chi connectivity index (χ4n) is 3.13. The van der Waals surface area contributed by atoms with Crippen molar-refractivity contribution in [2.45, 2.75) is 13.0 Å². The Morgan fingerprint density at radius 1 is 1.07 bits per heavy atom. The smallest absolute Gasteiger partial charge is 0.274 e. The van der Waals surface area contributed by atoms with Crippen molar-refractivity contribution in [3.8, 4) is 5.69 Å². The molecular weight excluding hydrogens is 354 g/mol. The number of nitrogens with zero attached hydrogens (tertiary/aromatic N) is 5. The second-order valence-corrected chi connectivity index (χ2v) is 6.67. The van der Waals surface area contributed by atoms with Gasteiger partial charge in [0, 0.05) is 38.6 Å². The lowest BCUT2D eigenvalue weighted by molar-refractivity contribution is 0.0759. The molecule has 8 nitrogen and oxygen atoms in total. The highest BCUT2D eigenvalue weighted by atomic mass is 16.2. The molecule has 1 fully saturated rings. The molecule has 2 N–H and O–H groups in total. The van der Waals surface area contributed by atoms with Crippen LogP contribution in [0.25, 0.3) is 5.69 Å². The van der Waals surface area contributed by atoms with E-state index in [0.717, 1.165) is 37.3 Å². The van der Waals surface area contributed by atoms with E-state index in [1.807, 2.05) is 46.1 Å². The van der Waals surface area contributed by atoms with Crippen LogP contribution in [0.4, 0.5) is 5.82 Å². The van der Waals surface area contributed by atoms with Crippen LogP contribution in [0.2, 0.25) is 0 Å². The number of amides is 1. The molecule has 0 unspecified atom stereocenters. The van der Waals surface area contributed by atoms with E-state index < -0.39 is 0 Å². The van der Waals surface area contributed by atoms with Crippen LogP contribution in [0, 0.1) is 0 Å². The van der Waals surface area contributed by atoms with Crippen LogP contribution in [0.15, 0.2) is 54.9 Å². The Kier molecular flexibility index (Phi) is 5.58. The molecule has 1 amide bonds. The molecule has 1 aliphatic rings. The summed E-state index contributed by atoms with van der Waals surface area (Å²) >= 11 is 0. The van der Waals surface area contributed by atoms with Gasteiger partial charge < -0.3 is 15.5 Å². The minimum absolute atomic E-state index is 0.0584. The van der Waals surface area contributed by atoms with Gasteiger partial charge in [-0.3, -0.25) is 4.79 Å². The number of aromatic nitrogens is 4. The Morgan fingerprint density at radius 3 is 2.71 bits per heavy atom. The molecule has 0 aliphatic carbocycles. The van der Waals surface area contributed by atoms with E-state index in [1.54, 1.807) is 18.3 Å². The van der Waals surface area contributed by atoms with E-state index in [1.165, 1.54) is 0 Å². The molecule has 3 aromatic rings. The lowest BCUT2D eigenvalue weighted by Gasteiger charge is -2.19. The molecule has 0 spiro atoms. The molecule has 4 rings (SSSR count). The van der Waals surface area contributed by atoms with Crippen molar-refractivity contribution < 1.29 is 4.79 Å². The number of hydrogen-bond acceptors (Lipinski definition) is 6. The molecule has 0 radical (unpaired) electrons. The van der Waals surface area contributed by atoms with Gasteiger partial charge in [-0.25, -0.2) is 4.68 Å². The fourth-order valence-corrected chi connectivity index (χ4v) is 3.13. The molecule has 144 valence electrons. The molecule has 1 aromatic carbocycles. The molecule has 2 aromatic heterocycles. The van der Waals surface area contributed by atoms with Crippen LogP contribution in [0.3, 0.4) is 0 Å². The average Bonchev–Trinajstić information content (AvgIpc) is 3.15. The molecule has 3 heterocycles. The first-order valence-electron chi connectivity index (χ1n) is 9.46. The Morgan fingerprint density at radius 2 is 1.96 bits per heavy atom. The summed E-state index contributed by atoms with van der Waals surface area (Å²) in [6.45, 7) is 3.84. The normalized spacial score (nSPS) is 14.5. The first kappa shape index (κ1) is 18.1. The topological polar surface area (TPSA) is 88.0 Å². The monoisotopic (exact) mass is 377 g/mol. The fraction of sp³-hybridized carbons (Fsp3) is 0.300. The van der Waals surface area contributed by atoms with Crippen LogP contribution < -0.4 is 10.6 Å². The third-order valence-corrected chi connectivity index (χ3v) is 4.69. The quantitative estimate of drug-likeness (QED) is 0.704. The van der Waals surface area contributed by atoms with Gasteiger partial charge in [0.05, 0.1) is 5.69 Å². The summed E-state index contributed by atoms with van der Waals surface area (Å²) < 4.78 is 1.82. The van der Waals surface area contributed by atoms with Crippen molar-refractivity contribution in [3.63, 3.8) is 0 Å². The summed E-state index contributed by atoms with van der Waals surface area (Å²) in [5.74, 6) is 0.585. The Labute approximate surface area is 163 Å². The Bertz CT molecular complexity index is 883. The highest BCUT2D eigenvalue weighted by Gasteiger charge is 2.18. The number of rotatable bonds is 5. The van der Waals surface area contributed by atoms with E-state index in [4.69, 9.17) is 0 Å². The van der Waals surface area contributed by atoms with E-state index in [9.17, 15) is 4.79 Å². The summed E-state index contributed by atoms with van der Waals surface area (Å²) in [4.78, 5) is 14.4. The maximum Gasteiger partial charge on any atom is 0.274 e. The van der Waals surface area contributed by atoms with Gasteiger partial charge in [-0.05, 0) is 48.9 Å². The third-order valence-electron chi connectivity index (χ3n) is 4.69. The predicted octanol–water partition coefficient (Wildman–Crippen LogP) is 1.71. The summed E-state index contributed by atoms with van der Waals surface area (Å²) in [5.41, 5.74) is 2.52. The van der Waals surface area contributed by atoms with Crippen molar-refractivity contribution in [3.05, 3.63) is 66.1 Å². The third kappa shape index (κ3) is 4.34. The number of carbonyl (C=O) groups excluding carboxylic acids is 1. The van der Waals surface area contributed by atoms with E-state index in [2.05, 4.69) is 25.9 Å². The Hall–Kier alpha value is -3.26. The predicted molar refractivity (Wildman–Crippen MR) is 106 cm³/mol. The summed E-state index contributed by atoms with van der Waals surface area (Å²) in [5, 5.41) is 19.0. The highest BCUT2D eigenvalue weighted by molar-refractivity contribution is 5.92. The van der Waals surface area contributed by atoms with E-state index in [0.29, 0.717) is 24.6 Å². The van der Waals surface area contributed by atoms with Crippen molar-refractivity contribution in [1.29, 1.82) is 0 Å². The first-order chi connectivity index (χ1) is 13.8. The van der Waals surface area contributed by atoms with Gasteiger partial charge in [0.25, 0.3) is 5.91 Å². The first-order valence-corrected chi connectivity index (χ1v) is 9.46. The number of benzene rings is 1. The molecule has 0 saturated carbocycles. The van der Waals surface area contributed by atoms with Gasteiger partial charge in [-0.1, -0.05) is 12.1 Å². The lowest BCUT2D eigenvalue weighted by Crippen LogP contribution is -2.34. The van der Waals surface area contributed by atoms with Gasteiger partial charge in [-0.2, -0.15) is 5.10 Å². The molecule has 8 heteroatoms. The van der Waals surface area contributed by atoms with Crippen molar-refractivity contribution >= 4 is 11.7 Å². The van der Waals surface area contributed by atoms with Gasteiger partial charge in [0.2, 0.25) is 0 Å². The second kappa shape index (κ2) is 8.62. The number of nitrogens with one attached hydrogen (secondary N) is 2. The summed E-state index contributed by atoms with van der Waals surface area (Å²) in [7, 11) is 0. The van der Waals surface area contributed by atoms with Gasteiger partial charge in [0.15, 0.2) is 5.69 Å². The zero-order valence-corrected chi connectivity index (χ0v) is 15.6. The lowest BCUT2D eigenvalue weighted by atomic mass is 10.2. The maximum absolute atomic E-state index is 12.5. The largest absolute Gasteiger partial charge is 0.365 e. The van der Waals surface area contributed by atoms with Gasteiger partial charge in [0.1, 0.15) is 5.82 Å². The molecular formula is C20H23N7O. The minimum atomic E-state index is -0.0584. The van der Waals surface area contributed by atoms with Crippen LogP contribution >= 0.6 is 0 Å². The zero-order chi connectivity index (χ0) is 19.2. The van der Waals surface area contributed by atoms with Crippen LogP contribution in [-0.4, -0.2) is 57.0 Å². The molecule has 28 heavy (non-hydrogen) atoms. The minimum Gasteiger partial charge on any atom is -0.365 e. The van der Waals surface area contributed by atoms with E-state index in [-0.39, 0.29) is 5.91 Å². The van der Waals surface area contributed by atoms with Crippen LogP contribution in [0.5, 0.6) is 0 Å². The van der Waals surface area contributed by atoms with Crippen LogP contribution in [-0.2, 0) is 6.54 Å². The summed E-state index contributed by atoms with van der Waals surface area (Å²) in [6, 6.07) is 13.6. The molecule has 1 saturated heterocycles. The van der Waals surface area contributed by atoms with E-state index >= 15 is 0 Å². The van der Waals surface area contributed by atoms with Crippen molar-refractivity contribution in [2.75, 3.05) is 31.5 Å². The maximum atomic E-state index is 12.5. The van der Waals surface area contributed by atoms with Gasteiger partial charge in [-0.15, -0.1) is 10.2 Å².